The number of aryl methyl sites for hydroxylation is 1. The van der Waals surface area contributed by atoms with Crippen molar-refractivity contribution in [2.45, 2.75) is 40.2 Å². The quantitative estimate of drug-likeness (QED) is 0.809. The number of hydrogen-bond acceptors (Lipinski definition) is 4. The van der Waals surface area contributed by atoms with Gasteiger partial charge in [0.25, 0.3) is 5.91 Å². The van der Waals surface area contributed by atoms with Gasteiger partial charge >= 0.3 is 6.03 Å². The van der Waals surface area contributed by atoms with Crippen molar-refractivity contribution in [1.29, 1.82) is 0 Å². The molecule has 2 N–H and O–H groups in total. The van der Waals surface area contributed by atoms with E-state index in [0.717, 1.165) is 12.0 Å². The normalized spacial score (nSPS) is 16.4. The average Bonchev–Trinajstić information content (AvgIpc) is 2.91. The highest BCUT2D eigenvalue weighted by Gasteiger charge is 2.27. The molecule has 1 aliphatic heterocycles. The largest absolute Gasteiger partial charge is 0.338 e. The molecule has 7 nitrogen and oxygen atoms in total. The number of nitrogens with zero attached hydrogens (tertiary/aromatic N) is 2. The number of nitrogens with one attached hydrogen (secondary N) is 2. The maximum absolute atomic E-state index is 12.8. The van der Waals surface area contributed by atoms with Crippen LogP contribution < -0.4 is 10.6 Å². The molecule has 0 saturated carbocycles. The van der Waals surface area contributed by atoms with E-state index in [1.54, 1.807) is 6.92 Å². The minimum atomic E-state index is -0.461. The molecule has 1 atom stereocenters. The first-order valence-corrected chi connectivity index (χ1v) is 9.96. The van der Waals surface area contributed by atoms with Gasteiger partial charge in [-0.05, 0) is 38.3 Å². The van der Waals surface area contributed by atoms with Gasteiger partial charge in [-0.1, -0.05) is 31.5 Å². The molecule has 4 amide bonds. The third-order valence-corrected chi connectivity index (χ3v) is 4.92. The Labute approximate surface area is 167 Å². The van der Waals surface area contributed by atoms with Gasteiger partial charge in [0.2, 0.25) is 5.91 Å². The predicted molar refractivity (Wildman–Crippen MR) is 109 cm³/mol. The molecule has 1 unspecified atom stereocenters. The average molecular weight is 389 g/mol. The molecule has 0 radical (unpaired) electrons. The van der Waals surface area contributed by atoms with Gasteiger partial charge in [-0.3, -0.25) is 19.8 Å². The van der Waals surface area contributed by atoms with Crippen LogP contribution in [0.25, 0.3) is 0 Å². The number of carbonyl (C=O) groups excluding carboxylic acids is 3. The molecule has 0 aromatic heterocycles. The summed E-state index contributed by atoms with van der Waals surface area (Å²) in [5.41, 5.74) is 1.75. The summed E-state index contributed by atoms with van der Waals surface area (Å²) in [6.45, 7) is 10.8. The Hall–Kier alpha value is -2.41. The van der Waals surface area contributed by atoms with Crippen molar-refractivity contribution < 1.29 is 14.4 Å². The lowest BCUT2D eigenvalue weighted by Crippen LogP contribution is -2.50. The lowest BCUT2D eigenvalue weighted by atomic mass is 10.1. The third kappa shape index (κ3) is 6.34. The second kappa shape index (κ2) is 10.2. The molecule has 1 aromatic rings. The van der Waals surface area contributed by atoms with Crippen LogP contribution in [0.2, 0.25) is 0 Å². The van der Waals surface area contributed by atoms with Gasteiger partial charge in [0, 0.05) is 38.3 Å². The first kappa shape index (κ1) is 21.9. The lowest BCUT2D eigenvalue weighted by molar-refractivity contribution is -0.124. The van der Waals surface area contributed by atoms with Crippen molar-refractivity contribution >= 4 is 17.8 Å². The van der Waals surface area contributed by atoms with E-state index in [4.69, 9.17) is 0 Å². The Bertz CT molecular complexity index is 705. The molecule has 1 heterocycles. The van der Waals surface area contributed by atoms with Crippen LogP contribution in [0.15, 0.2) is 24.3 Å². The fraction of sp³-hybridized carbons (Fsp3) is 0.571. The van der Waals surface area contributed by atoms with E-state index < -0.39 is 12.1 Å². The van der Waals surface area contributed by atoms with Gasteiger partial charge in [0.05, 0.1) is 6.04 Å². The Morgan fingerprint density at radius 2 is 1.82 bits per heavy atom. The van der Waals surface area contributed by atoms with Crippen LogP contribution in [-0.2, 0) is 4.79 Å². The summed E-state index contributed by atoms with van der Waals surface area (Å²) < 4.78 is 0. The number of urea groups is 1. The molecule has 0 bridgehead atoms. The summed E-state index contributed by atoms with van der Waals surface area (Å²) in [6.07, 6.45) is 0.786. The predicted octanol–water partition coefficient (Wildman–Crippen LogP) is 2.01. The van der Waals surface area contributed by atoms with Crippen LogP contribution >= 0.6 is 0 Å². The lowest BCUT2D eigenvalue weighted by Gasteiger charge is -2.26. The highest BCUT2D eigenvalue weighted by molar-refractivity contribution is 5.97. The van der Waals surface area contributed by atoms with E-state index >= 15 is 0 Å². The van der Waals surface area contributed by atoms with Crippen molar-refractivity contribution in [3.05, 3.63) is 35.4 Å². The zero-order chi connectivity index (χ0) is 20.7. The number of amides is 4. The topological polar surface area (TPSA) is 81.8 Å². The summed E-state index contributed by atoms with van der Waals surface area (Å²) in [4.78, 5) is 40.8. The van der Waals surface area contributed by atoms with Crippen LogP contribution in [0.5, 0.6) is 0 Å². The van der Waals surface area contributed by atoms with Gasteiger partial charge in [-0.15, -0.1) is 0 Å². The number of carbonyl (C=O) groups is 3. The van der Waals surface area contributed by atoms with Crippen molar-refractivity contribution in [2.24, 2.45) is 5.92 Å². The number of hydrogen-bond donors (Lipinski definition) is 2. The Morgan fingerprint density at radius 3 is 2.50 bits per heavy atom. The van der Waals surface area contributed by atoms with Gasteiger partial charge in [-0.25, -0.2) is 4.79 Å². The summed E-state index contributed by atoms with van der Waals surface area (Å²) in [5.74, 6) is 0.0243. The third-order valence-electron chi connectivity index (χ3n) is 4.92. The van der Waals surface area contributed by atoms with Crippen molar-refractivity contribution in [1.82, 2.24) is 20.4 Å². The molecule has 0 spiro atoms. The summed E-state index contributed by atoms with van der Waals surface area (Å²) in [5, 5.41) is 5.09. The molecular formula is C21H32N4O3. The standard InChI is InChI=1S/C21H32N4O3/c1-15(2)14-22-21(28)23-19(26)17(4)24-9-6-10-25(12-11-24)20(27)18-8-5-7-16(3)13-18/h5,7-8,13,15,17H,6,9-12,14H2,1-4H3,(H2,22,23,26,28). The van der Waals surface area contributed by atoms with Crippen LogP contribution in [-0.4, -0.2) is 66.4 Å². The van der Waals surface area contributed by atoms with Gasteiger partial charge in [0.1, 0.15) is 0 Å². The van der Waals surface area contributed by atoms with Crippen molar-refractivity contribution in [3.8, 4) is 0 Å². The maximum atomic E-state index is 12.8. The fourth-order valence-corrected chi connectivity index (χ4v) is 3.21. The molecule has 154 valence electrons. The minimum Gasteiger partial charge on any atom is -0.338 e. The first-order chi connectivity index (χ1) is 13.3. The van der Waals surface area contributed by atoms with Crippen LogP contribution in [0.3, 0.4) is 0 Å². The number of imide groups is 1. The Balaban J connectivity index is 1.89. The van der Waals surface area contributed by atoms with Crippen molar-refractivity contribution in [3.63, 3.8) is 0 Å². The van der Waals surface area contributed by atoms with E-state index in [2.05, 4.69) is 10.6 Å². The molecule has 1 fully saturated rings. The van der Waals surface area contributed by atoms with E-state index in [-0.39, 0.29) is 11.8 Å². The SMILES string of the molecule is Cc1cccc(C(=O)N2CCCN(C(C)C(=O)NC(=O)NCC(C)C)CC2)c1. The van der Waals surface area contributed by atoms with E-state index in [9.17, 15) is 14.4 Å². The highest BCUT2D eigenvalue weighted by atomic mass is 16.2. The van der Waals surface area contributed by atoms with Crippen molar-refractivity contribution in [2.75, 3.05) is 32.7 Å². The summed E-state index contributed by atoms with van der Waals surface area (Å²) in [6, 6.07) is 6.71. The van der Waals surface area contributed by atoms with E-state index in [1.807, 2.05) is 54.8 Å². The smallest absolute Gasteiger partial charge is 0.321 e. The molecule has 0 aliphatic carbocycles. The summed E-state index contributed by atoms with van der Waals surface area (Å²) >= 11 is 0. The zero-order valence-corrected chi connectivity index (χ0v) is 17.3. The Morgan fingerprint density at radius 1 is 1.07 bits per heavy atom. The minimum absolute atomic E-state index is 0.0238. The second-order valence-electron chi connectivity index (χ2n) is 7.82. The highest BCUT2D eigenvalue weighted by Crippen LogP contribution is 2.12. The van der Waals surface area contributed by atoms with Gasteiger partial charge in [0.15, 0.2) is 0 Å². The molecule has 28 heavy (non-hydrogen) atoms. The van der Waals surface area contributed by atoms with Crippen LogP contribution in [0.1, 0.15) is 43.1 Å². The summed E-state index contributed by atoms with van der Waals surface area (Å²) in [7, 11) is 0. The van der Waals surface area contributed by atoms with E-state index in [0.29, 0.717) is 44.2 Å². The first-order valence-electron chi connectivity index (χ1n) is 9.96. The van der Waals surface area contributed by atoms with E-state index in [1.165, 1.54) is 0 Å². The monoisotopic (exact) mass is 388 g/mol. The molecule has 7 heteroatoms. The van der Waals surface area contributed by atoms with Gasteiger partial charge in [-0.2, -0.15) is 0 Å². The number of rotatable bonds is 5. The second-order valence-corrected chi connectivity index (χ2v) is 7.82. The van der Waals surface area contributed by atoms with Gasteiger partial charge < -0.3 is 10.2 Å². The molecule has 1 aromatic carbocycles. The Kier molecular flexibility index (Phi) is 7.99. The fourth-order valence-electron chi connectivity index (χ4n) is 3.21. The molecule has 2 rings (SSSR count). The zero-order valence-electron chi connectivity index (χ0n) is 17.3. The molecule has 1 aliphatic rings. The van der Waals surface area contributed by atoms with Crippen LogP contribution in [0, 0.1) is 12.8 Å². The molecule has 1 saturated heterocycles. The van der Waals surface area contributed by atoms with Crippen LogP contribution in [0.4, 0.5) is 4.79 Å². The molecular weight excluding hydrogens is 356 g/mol. The number of benzene rings is 1. The maximum Gasteiger partial charge on any atom is 0.321 e.